The lowest BCUT2D eigenvalue weighted by Crippen LogP contribution is -2.62. The molecule has 1 amide bonds. The first kappa shape index (κ1) is 10.5. The van der Waals surface area contributed by atoms with Gasteiger partial charge in [-0.2, -0.15) is 0 Å². The Morgan fingerprint density at radius 2 is 2.23 bits per heavy atom. The molecule has 0 aromatic rings. The predicted molar refractivity (Wildman–Crippen MR) is 53.5 cm³/mol. The number of carbonyl (C=O) groups is 1. The second kappa shape index (κ2) is 3.66. The molecule has 1 atom stereocenters. The predicted octanol–water partition coefficient (Wildman–Crippen LogP) is 0.995. The van der Waals surface area contributed by atoms with Crippen molar-refractivity contribution >= 4 is 5.91 Å². The zero-order valence-corrected chi connectivity index (χ0v) is 9.05. The molecule has 0 spiro atoms. The van der Waals surface area contributed by atoms with Crippen LogP contribution in [0.4, 0.5) is 0 Å². The summed E-state index contributed by atoms with van der Waals surface area (Å²) in [5.74, 6) is 0.262. The molecule has 0 aromatic carbocycles. The summed E-state index contributed by atoms with van der Waals surface area (Å²) in [5.41, 5.74) is -0.0282. The van der Waals surface area contributed by atoms with Crippen LogP contribution < -0.4 is 5.32 Å². The fourth-order valence-corrected chi connectivity index (χ4v) is 1.74. The number of nitrogens with zero attached hydrogens (tertiary/aromatic N) is 1. The molecule has 1 rings (SSSR count). The van der Waals surface area contributed by atoms with E-state index in [1.807, 2.05) is 11.8 Å². The van der Waals surface area contributed by atoms with Gasteiger partial charge >= 0.3 is 0 Å². The van der Waals surface area contributed by atoms with E-state index in [0.29, 0.717) is 12.5 Å². The molecular weight excluding hydrogens is 164 g/mol. The van der Waals surface area contributed by atoms with Gasteiger partial charge < -0.3 is 10.2 Å². The summed E-state index contributed by atoms with van der Waals surface area (Å²) in [6.45, 7) is 9.98. The van der Waals surface area contributed by atoms with Gasteiger partial charge in [0.1, 0.15) is 0 Å². The zero-order chi connectivity index (χ0) is 10.1. The van der Waals surface area contributed by atoms with E-state index in [2.05, 4.69) is 26.1 Å². The highest BCUT2D eigenvalue weighted by Gasteiger charge is 2.34. The maximum absolute atomic E-state index is 11.6. The average molecular weight is 184 g/mol. The fourth-order valence-electron chi connectivity index (χ4n) is 1.74. The maximum Gasteiger partial charge on any atom is 0.222 e. The molecule has 1 aliphatic heterocycles. The van der Waals surface area contributed by atoms with Crippen molar-refractivity contribution in [2.24, 2.45) is 0 Å². The summed E-state index contributed by atoms with van der Waals surface area (Å²) in [4.78, 5) is 13.6. The smallest absolute Gasteiger partial charge is 0.222 e. The summed E-state index contributed by atoms with van der Waals surface area (Å²) >= 11 is 0. The number of nitrogens with one attached hydrogen (secondary N) is 1. The van der Waals surface area contributed by atoms with Gasteiger partial charge in [0, 0.05) is 31.1 Å². The van der Waals surface area contributed by atoms with E-state index in [0.717, 1.165) is 13.1 Å². The lowest BCUT2D eigenvalue weighted by atomic mass is 9.97. The largest absolute Gasteiger partial charge is 0.335 e. The Labute approximate surface area is 80.5 Å². The minimum atomic E-state index is -0.0282. The molecule has 13 heavy (non-hydrogen) atoms. The lowest BCUT2D eigenvalue weighted by Gasteiger charge is -2.45. The Morgan fingerprint density at radius 3 is 2.77 bits per heavy atom. The van der Waals surface area contributed by atoms with E-state index in [9.17, 15) is 4.79 Å². The normalized spacial score (nSPS) is 27.4. The summed E-state index contributed by atoms with van der Waals surface area (Å²) in [6, 6.07) is 0.420. The molecule has 1 heterocycles. The Balaban J connectivity index is 2.72. The van der Waals surface area contributed by atoms with Crippen molar-refractivity contribution in [3.63, 3.8) is 0 Å². The molecule has 1 saturated heterocycles. The molecule has 0 aromatic heterocycles. The van der Waals surface area contributed by atoms with Crippen LogP contribution in [-0.4, -0.2) is 35.5 Å². The van der Waals surface area contributed by atoms with Crippen LogP contribution in [0.25, 0.3) is 0 Å². The Bertz CT molecular complexity index is 201. The minimum absolute atomic E-state index is 0.0282. The van der Waals surface area contributed by atoms with Gasteiger partial charge in [0.2, 0.25) is 5.91 Å². The van der Waals surface area contributed by atoms with Crippen molar-refractivity contribution in [3.8, 4) is 0 Å². The number of hydrogen-bond donors (Lipinski definition) is 1. The van der Waals surface area contributed by atoms with Crippen LogP contribution in [0.2, 0.25) is 0 Å². The van der Waals surface area contributed by atoms with Crippen LogP contribution in [0.3, 0.4) is 0 Å². The van der Waals surface area contributed by atoms with Crippen LogP contribution >= 0.6 is 0 Å². The van der Waals surface area contributed by atoms with E-state index < -0.39 is 0 Å². The third-order valence-electron chi connectivity index (χ3n) is 2.67. The summed E-state index contributed by atoms with van der Waals surface area (Å²) in [7, 11) is 0. The van der Waals surface area contributed by atoms with Crippen molar-refractivity contribution in [3.05, 3.63) is 0 Å². The highest BCUT2D eigenvalue weighted by Crippen LogP contribution is 2.19. The number of hydrogen-bond acceptors (Lipinski definition) is 2. The first-order valence-electron chi connectivity index (χ1n) is 5.01. The molecule has 1 aliphatic rings. The highest BCUT2D eigenvalue weighted by molar-refractivity contribution is 5.76. The molecule has 3 heteroatoms. The van der Waals surface area contributed by atoms with Crippen LogP contribution in [0, 0.1) is 0 Å². The third-order valence-corrected chi connectivity index (χ3v) is 2.67. The third kappa shape index (κ3) is 2.21. The Morgan fingerprint density at radius 1 is 1.62 bits per heavy atom. The standard InChI is InChI=1S/C10H20N2O/c1-5-9(13)12-6-8(2)11-7-10(12,3)4/h8,11H,5-7H2,1-4H3. The molecule has 0 radical (unpaired) electrons. The van der Waals surface area contributed by atoms with Gasteiger partial charge in [-0.05, 0) is 20.8 Å². The van der Waals surface area contributed by atoms with E-state index >= 15 is 0 Å². The summed E-state index contributed by atoms with van der Waals surface area (Å²) in [6.07, 6.45) is 0.607. The fraction of sp³-hybridized carbons (Fsp3) is 0.900. The molecular formula is C10H20N2O. The zero-order valence-electron chi connectivity index (χ0n) is 9.05. The van der Waals surface area contributed by atoms with Gasteiger partial charge in [-0.1, -0.05) is 6.92 Å². The van der Waals surface area contributed by atoms with Gasteiger partial charge in [-0.25, -0.2) is 0 Å². The van der Waals surface area contributed by atoms with Crippen LogP contribution in [-0.2, 0) is 4.79 Å². The topological polar surface area (TPSA) is 32.3 Å². The summed E-state index contributed by atoms with van der Waals surface area (Å²) in [5, 5.41) is 3.39. The van der Waals surface area contributed by atoms with Gasteiger partial charge in [0.25, 0.3) is 0 Å². The Kier molecular flexibility index (Phi) is 2.96. The molecule has 76 valence electrons. The number of carbonyl (C=O) groups excluding carboxylic acids is 1. The van der Waals surface area contributed by atoms with Crippen molar-refractivity contribution in [2.75, 3.05) is 13.1 Å². The highest BCUT2D eigenvalue weighted by atomic mass is 16.2. The van der Waals surface area contributed by atoms with Crippen molar-refractivity contribution in [2.45, 2.75) is 45.7 Å². The minimum Gasteiger partial charge on any atom is -0.335 e. The van der Waals surface area contributed by atoms with Crippen molar-refractivity contribution in [1.82, 2.24) is 10.2 Å². The molecule has 0 bridgehead atoms. The first-order chi connectivity index (χ1) is 5.97. The number of piperazine rings is 1. The monoisotopic (exact) mass is 184 g/mol. The second-order valence-electron chi connectivity index (χ2n) is 4.45. The molecule has 1 N–H and O–H groups in total. The SMILES string of the molecule is CCC(=O)N1CC(C)NCC1(C)C. The van der Waals surface area contributed by atoms with Crippen molar-refractivity contribution < 1.29 is 4.79 Å². The molecule has 1 fully saturated rings. The summed E-state index contributed by atoms with van der Waals surface area (Å²) < 4.78 is 0. The maximum atomic E-state index is 11.6. The quantitative estimate of drug-likeness (QED) is 0.659. The van der Waals surface area contributed by atoms with Gasteiger partial charge in [-0.3, -0.25) is 4.79 Å². The van der Waals surface area contributed by atoms with Crippen LogP contribution in [0.1, 0.15) is 34.1 Å². The average Bonchev–Trinajstić information content (AvgIpc) is 2.08. The van der Waals surface area contributed by atoms with Gasteiger partial charge in [0.05, 0.1) is 0 Å². The number of rotatable bonds is 1. The lowest BCUT2D eigenvalue weighted by molar-refractivity contribution is -0.138. The van der Waals surface area contributed by atoms with Crippen LogP contribution in [0.5, 0.6) is 0 Å². The van der Waals surface area contributed by atoms with Crippen molar-refractivity contribution in [1.29, 1.82) is 0 Å². The van der Waals surface area contributed by atoms with Gasteiger partial charge in [-0.15, -0.1) is 0 Å². The molecule has 3 nitrogen and oxygen atoms in total. The number of amides is 1. The van der Waals surface area contributed by atoms with E-state index in [-0.39, 0.29) is 11.4 Å². The molecule has 0 saturated carbocycles. The second-order valence-corrected chi connectivity index (χ2v) is 4.45. The molecule has 0 aliphatic carbocycles. The van der Waals surface area contributed by atoms with E-state index in [4.69, 9.17) is 0 Å². The van der Waals surface area contributed by atoms with E-state index in [1.165, 1.54) is 0 Å². The first-order valence-corrected chi connectivity index (χ1v) is 5.01. The molecule has 1 unspecified atom stereocenters. The van der Waals surface area contributed by atoms with Gasteiger partial charge in [0.15, 0.2) is 0 Å². The van der Waals surface area contributed by atoms with Crippen LogP contribution in [0.15, 0.2) is 0 Å². The van der Waals surface area contributed by atoms with E-state index in [1.54, 1.807) is 0 Å². The Hall–Kier alpha value is -0.570.